The number of nitrogens with zero attached hydrogens (tertiary/aromatic N) is 7. The van der Waals surface area contributed by atoms with Gasteiger partial charge in [-0.1, -0.05) is 38.5 Å². The molecule has 0 spiro atoms. The van der Waals surface area contributed by atoms with Crippen molar-refractivity contribution < 1.29 is 183 Å². The van der Waals surface area contributed by atoms with E-state index in [1.807, 2.05) is 0 Å². The number of halogens is 6. The van der Waals surface area contributed by atoms with Crippen LogP contribution in [0.15, 0.2) is 0 Å². The first-order valence-corrected chi connectivity index (χ1v) is 62.5. The Morgan fingerprint density at radius 2 is 0.594 bits per heavy atom. The second-order valence-corrected chi connectivity index (χ2v) is 46.3. The Labute approximate surface area is 826 Å². The van der Waals surface area contributed by atoms with E-state index in [0.29, 0.717) is 208 Å². The molecule has 2 aliphatic heterocycles. The van der Waals surface area contributed by atoms with E-state index in [4.69, 9.17) is 32.8 Å². The number of carboxylic acid groups (broad SMARTS) is 1. The molecule has 0 bridgehead atoms. The van der Waals surface area contributed by atoms with Crippen LogP contribution in [0.5, 0.6) is 0 Å². The second-order valence-electron chi connectivity index (χ2n) is 29.7. The molecule has 48 heteroatoms. The molecule has 2 rings (SSSR count). The van der Waals surface area contributed by atoms with Crippen LogP contribution in [0.25, 0.3) is 28.3 Å². The number of carbonyl (C=O) groups is 15. The third-order valence-corrected chi connectivity index (χ3v) is 19.1. The number of hydrogen-bond acceptors (Lipinski definition) is 23. The van der Waals surface area contributed by atoms with Gasteiger partial charge in [0.2, 0.25) is 59.1 Å². The Bertz CT molecular complexity index is 2780. The third kappa shape index (κ3) is 94.5. The van der Waals surface area contributed by atoms with Crippen LogP contribution in [-0.4, -0.2) is 274 Å². The van der Waals surface area contributed by atoms with Crippen molar-refractivity contribution in [1.82, 2.24) is 57.0 Å². The van der Waals surface area contributed by atoms with Gasteiger partial charge in [-0.05, 0) is 153 Å². The number of carbonyl (C=O) groups excluding carboxylic acids is 15. The topological polar surface area (TPSA) is 589 Å². The first-order valence-electron chi connectivity index (χ1n) is 43.2. The average molecular weight is 2620 g/mol. The van der Waals surface area contributed by atoms with Gasteiger partial charge in [0, 0.05) is 216 Å². The predicted octanol–water partition coefficient (Wildman–Crippen LogP) is 11.8. The second kappa shape index (κ2) is 96.9. The van der Waals surface area contributed by atoms with Crippen molar-refractivity contribution >= 4 is 146 Å². The van der Waals surface area contributed by atoms with Crippen LogP contribution in [0.1, 0.15) is 284 Å². The van der Waals surface area contributed by atoms with Crippen LogP contribution in [0.4, 0.5) is 13.2 Å². The van der Waals surface area contributed by atoms with Crippen LogP contribution in [0.2, 0.25) is 0 Å². The first kappa shape index (κ1) is 138. The maximum absolute atomic E-state index is 12.2. The molecular formula is C80H143F3Fe2I3N16O22Pt2-4. The maximum atomic E-state index is 12.2. The van der Waals surface area contributed by atoms with Gasteiger partial charge in [-0.25, -0.2) is 30.4 Å². The minimum absolute atomic E-state index is 0. The number of carboxylic acids is 1. The molecule has 2 saturated heterocycles. The summed E-state index contributed by atoms with van der Waals surface area (Å²) in [6.07, 6.45) is 16.0. The van der Waals surface area contributed by atoms with E-state index in [-0.39, 0.29) is 223 Å². The van der Waals surface area contributed by atoms with E-state index >= 15 is 0 Å². The van der Waals surface area contributed by atoms with Crippen molar-refractivity contribution in [2.45, 2.75) is 290 Å². The quantitative estimate of drug-likeness (QED) is 0.00885. The summed E-state index contributed by atoms with van der Waals surface area (Å²) in [6.45, 7) is 9.91. The SMILES string of the molecule is CC(=O)N(O)CCCCCCC(=O)CCC(=O)N(O)CCCCCNC(=O)CCC(=O)N(O)CCCCCNC(=O)CCC(=O)CCC1CCNCC1.CC(=O)N(O)CCCCCCC(=O)CCC(=O)N(O)CCCCCNC(=O)CCC(=O)N(O)CCCCCNC(=O)CCC(=O)CCC1CC[N-]CC1.O=C([O-])C(F)(F)F.[Fe].[Fe].[I][Pt+2][I].[I][Pt].[NH-]CC[NH-].[NH-]CC[NH-]. The molecule has 0 atom stereocenters. The maximum Gasteiger partial charge on any atom is -0.171 e. The smallest absolute Gasteiger partial charge is 0.171 e. The summed E-state index contributed by atoms with van der Waals surface area (Å²) in [7, 11) is 0. The van der Waals surface area contributed by atoms with Gasteiger partial charge in [0.1, 0.15) is 29.1 Å². The summed E-state index contributed by atoms with van der Waals surface area (Å²) in [4.78, 5) is 176. The Morgan fingerprint density at radius 1 is 0.375 bits per heavy atom. The van der Waals surface area contributed by atoms with Gasteiger partial charge >= 0.3 is 91.6 Å². The molecule has 0 saturated carbocycles. The molecule has 0 radical (unpaired) electrons. The van der Waals surface area contributed by atoms with Crippen LogP contribution in [-0.2, 0) is 133 Å². The van der Waals surface area contributed by atoms with Crippen molar-refractivity contribution in [2.75, 3.05) is 118 Å². The summed E-state index contributed by atoms with van der Waals surface area (Å²) >= 11 is 9.53. The van der Waals surface area contributed by atoms with Gasteiger partial charge in [-0.2, -0.15) is 39.4 Å². The van der Waals surface area contributed by atoms with Crippen molar-refractivity contribution in [2.24, 2.45) is 11.8 Å². The molecule has 0 aliphatic carbocycles. The van der Waals surface area contributed by atoms with Crippen molar-refractivity contribution in [3.8, 4) is 0 Å². The van der Waals surface area contributed by atoms with Crippen molar-refractivity contribution in [1.29, 1.82) is 0 Å². The number of amides is 10. The number of aliphatic carboxylic acids is 1. The van der Waals surface area contributed by atoms with Crippen LogP contribution < -0.4 is 31.7 Å². The largest absolute Gasteiger partial charge is 0.679 e. The van der Waals surface area contributed by atoms with Crippen LogP contribution in [0, 0.1) is 11.8 Å². The van der Waals surface area contributed by atoms with Crippen molar-refractivity contribution in [3.63, 3.8) is 0 Å². The number of nitrogens with one attached hydrogen (secondary N) is 9. The molecule has 10 amide bonds. The molecule has 38 nitrogen and oxygen atoms in total. The Hall–Kier alpha value is -3.23. The Kier molecular flexibility index (Phi) is 104. The van der Waals surface area contributed by atoms with Gasteiger partial charge in [0.05, 0.1) is 0 Å². The summed E-state index contributed by atoms with van der Waals surface area (Å²) in [6, 6.07) is 0. The number of hydrogen-bond donors (Lipinski definition) is 11. The van der Waals surface area contributed by atoms with Gasteiger partial charge in [-0.15, -0.1) is 13.1 Å². The fraction of sp³-hybridized carbons (Fsp3) is 0.812. The fourth-order valence-electron chi connectivity index (χ4n) is 11.7. The van der Waals surface area contributed by atoms with E-state index in [1.54, 1.807) is 0 Å². The molecule has 0 aromatic heterocycles. The average Bonchev–Trinajstić information content (AvgIpc) is 0.935. The van der Waals surface area contributed by atoms with Gasteiger partial charge in [-0.3, -0.25) is 98.4 Å². The standard InChI is InChI=1S/C37H66N6O10.C37H65N6O10.C2HF3O2.2C2H6N2.2Fe.3HI.2Pt/c2*1-30(44)41(51)27-9-3-2-6-12-32(45)16-19-36(49)42(52)28-10-5-8-24-40-35(48)18-20-37(50)43(53)29-11-4-7-23-39-34(47)17-15-33(46)14-13-31-21-25-38-26-22-31;3-2(4,5)1(6)7;2*3-1-2-4;;;;;;;/h31,38,51-53H,2-29H2,1H3,(H,39,47)(H,40,48);31,51-53H,2-29H2,1H3,(H,39,47)(H,40,48);(H,6,7);2*3-4H,1-2H2;;;3*1H;;/q;-1;;2*-2;;;;;;+1;+4/p-4. The molecule has 2 fully saturated rings. The molecular weight excluding hydrogens is 2480 g/mol. The predicted molar refractivity (Wildman–Crippen MR) is 481 cm³/mol. The van der Waals surface area contributed by atoms with E-state index < -0.39 is 47.6 Å². The number of unbranched alkanes of at least 4 members (excludes halogenated alkanes) is 14. The Balaban J connectivity index is -0.000000372. The van der Waals surface area contributed by atoms with E-state index in [0.717, 1.165) is 90.4 Å². The van der Waals surface area contributed by atoms with E-state index in [2.05, 4.69) is 106 Å². The zero-order chi connectivity index (χ0) is 96.2. The molecule has 757 valence electrons. The molecule has 0 unspecified atom stereocenters. The minimum Gasteiger partial charge on any atom is -0.679 e. The fourth-order valence-corrected chi connectivity index (χ4v) is 11.7. The molecule has 15 N–H and O–H groups in total. The minimum atomic E-state index is -5.19. The summed E-state index contributed by atoms with van der Waals surface area (Å²) in [5.74, 6) is -5.62. The molecule has 0 aromatic rings. The number of alkyl halides is 3. The Morgan fingerprint density at radius 3 is 0.852 bits per heavy atom. The number of hydroxylamine groups is 12. The number of rotatable bonds is 64. The monoisotopic (exact) mass is 2620 g/mol. The molecule has 0 aromatic carbocycles. The number of piperidine rings is 2. The number of ketones is 4. The first-order chi connectivity index (χ1) is 60.0. The van der Waals surface area contributed by atoms with E-state index in [1.165, 1.54) is 13.8 Å². The molecule has 2 heterocycles. The zero-order valence-electron chi connectivity index (χ0n) is 74.0. The zero-order valence-corrected chi connectivity index (χ0v) is 87.3. The van der Waals surface area contributed by atoms with Crippen LogP contribution >= 0.6 is 58.1 Å². The van der Waals surface area contributed by atoms with Crippen molar-refractivity contribution in [3.05, 3.63) is 28.3 Å². The molecule has 128 heavy (non-hydrogen) atoms. The summed E-state index contributed by atoms with van der Waals surface area (Å²) in [5, 5.41) is 89.8. The molecule has 2 aliphatic rings. The van der Waals surface area contributed by atoms with Gasteiger partial charge in [0.15, 0.2) is 0 Å². The van der Waals surface area contributed by atoms with Gasteiger partial charge < -0.3 is 64.7 Å². The summed E-state index contributed by atoms with van der Waals surface area (Å²) < 4.78 is 31.5. The summed E-state index contributed by atoms with van der Waals surface area (Å²) in [5.41, 5.74) is 25.1. The number of Topliss-reactive ketones (excluding diaryl/α,β-unsaturated/α-hetero) is 4. The van der Waals surface area contributed by atoms with Gasteiger partial charge in [0.25, 0.3) is 0 Å². The third-order valence-electron chi connectivity index (χ3n) is 19.1. The van der Waals surface area contributed by atoms with E-state index in [9.17, 15) is 112 Å². The normalized spacial score (nSPS) is 12.0. The van der Waals surface area contributed by atoms with Crippen LogP contribution in [0.3, 0.4) is 0 Å².